The largest absolute Gasteiger partial charge is 0.346 e. The number of pyridine rings is 2. The molecule has 2 aromatic carbocycles. The van der Waals surface area contributed by atoms with Crippen LogP contribution in [0.4, 0.5) is 0 Å². The maximum atomic E-state index is 4.53. The van der Waals surface area contributed by atoms with Crippen molar-refractivity contribution in [3.05, 3.63) is 106 Å². The Morgan fingerprint density at radius 3 is 1.66 bits per heavy atom. The number of rotatable bonds is 6. The maximum absolute atomic E-state index is 4.53. The predicted molar refractivity (Wildman–Crippen MR) is 201 cm³/mol. The molecule has 8 nitrogen and oxygen atoms in total. The zero-order valence-corrected chi connectivity index (χ0v) is 29.5. The van der Waals surface area contributed by atoms with E-state index in [0.29, 0.717) is 0 Å². The molecule has 2 N–H and O–H groups in total. The van der Waals surface area contributed by atoms with Gasteiger partial charge in [0.1, 0.15) is 11.3 Å². The third-order valence-corrected chi connectivity index (χ3v) is 10.4. The quantitative estimate of drug-likeness (QED) is 0.189. The van der Waals surface area contributed by atoms with Crippen LogP contribution in [-0.4, -0.2) is 106 Å². The Morgan fingerprint density at radius 2 is 1.11 bits per heavy atom. The maximum Gasteiger partial charge on any atom is 0.138 e. The van der Waals surface area contributed by atoms with Gasteiger partial charge in [-0.05, 0) is 77.1 Å². The zero-order valence-electron chi connectivity index (χ0n) is 27.3. The molecule has 2 saturated heterocycles. The molecule has 0 bridgehead atoms. The first-order valence-corrected chi connectivity index (χ1v) is 17.6. The average molecular weight is 739 g/mol. The minimum absolute atomic E-state index is 0.945. The lowest BCUT2D eigenvalue weighted by atomic mass is 10.0. The van der Waals surface area contributed by atoms with Gasteiger partial charge in [0.15, 0.2) is 0 Å². The molecule has 0 amide bonds. The summed E-state index contributed by atoms with van der Waals surface area (Å²) in [6.07, 6.45) is 7.82. The summed E-state index contributed by atoms with van der Waals surface area (Å²) in [4.78, 5) is 25.2. The molecule has 0 spiro atoms. The third-order valence-electron chi connectivity index (χ3n) is 9.46. The molecule has 0 unspecified atom stereocenters. The van der Waals surface area contributed by atoms with Gasteiger partial charge in [-0.2, -0.15) is 0 Å². The molecule has 9 heteroatoms. The number of aromatic amines is 2. The van der Waals surface area contributed by atoms with Crippen molar-refractivity contribution in [2.45, 2.75) is 13.1 Å². The van der Waals surface area contributed by atoms with Gasteiger partial charge in [-0.1, -0.05) is 48.5 Å². The number of likely N-dealkylation sites (N-methyl/N-ethyl adjacent to an activating group) is 2. The summed E-state index contributed by atoms with van der Waals surface area (Å²) < 4.78 is 1.21. The van der Waals surface area contributed by atoms with Crippen LogP contribution in [0.5, 0.6) is 0 Å². The summed E-state index contributed by atoms with van der Waals surface area (Å²) in [5.74, 6) is 0. The van der Waals surface area contributed by atoms with Crippen LogP contribution in [0.15, 0.2) is 91.5 Å². The molecule has 2 aliphatic rings. The number of benzene rings is 2. The topological polar surface area (TPSA) is 70.3 Å². The van der Waals surface area contributed by atoms with Crippen molar-refractivity contribution in [3.63, 3.8) is 0 Å². The first-order valence-electron chi connectivity index (χ1n) is 16.5. The fourth-order valence-corrected chi connectivity index (χ4v) is 6.93. The Bertz CT molecular complexity index is 1900. The van der Waals surface area contributed by atoms with E-state index in [9.17, 15) is 0 Å². The zero-order chi connectivity index (χ0) is 32.2. The molecule has 6 heterocycles. The highest BCUT2D eigenvalue weighted by atomic mass is 127. The molecular formula is C38H43IN8. The summed E-state index contributed by atoms with van der Waals surface area (Å²) in [6.45, 7) is 11.4. The molecule has 2 fully saturated rings. The second-order valence-electron chi connectivity index (χ2n) is 12.9. The van der Waals surface area contributed by atoms with Crippen LogP contribution in [0.1, 0.15) is 11.1 Å². The Morgan fingerprint density at radius 1 is 0.596 bits per heavy atom. The van der Waals surface area contributed by atoms with Crippen molar-refractivity contribution in [3.8, 4) is 22.3 Å². The van der Waals surface area contributed by atoms with E-state index in [1.165, 1.54) is 68.5 Å². The number of piperazine rings is 2. The van der Waals surface area contributed by atoms with Gasteiger partial charge >= 0.3 is 0 Å². The third kappa shape index (κ3) is 7.93. The van der Waals surface area contributed by atoms with Crippen LogP contribution in [0, 0.1) is 3.57 Å². The highest BCUT2D eigenvalue weighted by Gasteiger charge is 2.15. The standard InChI is InChI=1S/C19H21IN4.C19H22N4/c1-23-6-8-24(9-7-23)13-14-2-4-15(5-3-14)16-10-17-18(20)12-22-19(17)21-11-16;1-22-8-10-23(11-9-22)14-15-2-4-16(5-3-15)18-12-17-6-7-20-19(17)21-13-18/h2-5,10-12H,6-9,13H2,1H3,(H,21,22);2-7,12-13H,8-11,14H2,1H3,(H,20,21). The molecule has 47 heavy (non-hydrogen) atoms. The van der Waals surface area contributed by atoms with Gasteiger partial charge in [-0.3, -0.25) is 9.80 Å². The Kier molecular flexibility index (Phi) is 9.97. The van der Waals surface area contributed by atoms with Gasteiger partial charge in [0.05, 0.1) is 0 Å². The second-order valence-corrected chi connectivity index (χ2v) is 14.1. The molecule has 0 radical (unpaired) electrons. The van der Waals surface area contributed by atoms with E-state index in [-0.39, 0.29) is 0 Å². The van der Waals surface area contributed by atoms with E-state index in [2.05, 4.69) is 143 Å². The SMILES string of the molecule is CN1CCN(Cc2ccc(-c3cnc4[nH]cc(I)c4c3)cc2)CC1.CN1CCN(Cc2ccc(-c3cnc4[nH]ccc4c3)cc2)CC1. The summed E-state index contributed by atoms with van der Waals surface area (Å²) in [5.41, 5.74) is 9.46. The van der Waals surface area contributed by atoms with Crippen molar-refractivity contribution in [1.29, 1.82) is 0 Å². The Hall–Kier alpha value is -3.61. The van der Waals surface area contributed by atoms with Crippen molar-refractivity contribution in [1.82, 2.24) is 39.5 Å². The van der Waals surface area contributed by atoms with Crippen LogP contribution >= 0.6 is 22.6 Å². The van der Waals surface area contributed by atoms with Gasteiger partial charge in [0, 0.05) is 116 Å². The highest BCUT2D eigenvalue weighted by molar-refractivity contribution is 14.1. The molecular weight excluding hydrogens is 695 g/mol. The van der Waals surface area contributed by atoms with E-state index >= 15 is 0 Å². The monoisotopic (exact) mass is 738 g/mol. The lowest BCUT2D eigenvalue weighted by Crippen LogP contribution is -2.43. The fraction of sp³-hybridized carbons (Fsp3) is 0.316. The molecule has 0 saturated carbocycles. The smallest absolute Gasteiger partial charge is 0.138 e. The van der Waals surface area contributed by atoms with Gasteiger partial charge in [-0.25, -0.2) is 9.97 Å². The van der Waals surface area contributed by atoms with Crippen molar-refractivity contribution in [2.75, 3.05) is 66.5 Å². The molecule has 6 aromatic rings. The van der Waals surface area contributed by atoms with Gasteiger partial charge in [0.25, 0.3) is 0 Å². The number of nitrogens with one attached hydrogen (secondary N) is 2. The molecule has 242 valence electrons. The fourth-order valence-electron chi connectivity index (χ4n) is 6.36. The highest BCUT2D eigenvalue weighted by Crippen LogP contribution is 2.26. The normalized spacial score (nSPS) is 16.8. The molecule has 0 aliphatic carbocycles. The Labute approximate surface area is 290 Å². The van der Waals surface area contributed by atoms with E-state index in [1.54, 1.807) is 0 Å². The van der Waals surface area contributed by atoms with E-state index < -0.39 is 0 Å². The summed E-state index contributed by atoms with van der Waals surface area (Å²) >= 11 is 2.35. The summed E-state index contributed by atoms with van der Waals surface area (Å²) in [5, 5.41) is 2.35. The number of hydrogen-bond donors (Lipinski definition) is 2. The van der Waals surface area contributed by atoms with Crippen molar-refractivity contribution in [2.24, 2.45) is 0 Å². The van der Waals surface area contributed by atoms with Crippen molar-refractivity contribution < 1.29 is 0 Å². The van der Waals surface area contributed by atoms with Crippen LogP contribution in [0.3, 0.4) is 0 Å². The minimum atomic E-state index is 0.945. The lowest BCUT2D eigenvalue weighted by Gasteiger charge is -2.32. The number of aromatic nitrogens is 4. The van der Waals surface area contributed by atoms with Crippen LogP contribution in [0.25, 0.3) is 44.3 Å². The predicted octanol–water partition coefficient (Wildman–Crippen LogP) is 6.56. The lowest BCUT2D eigenvalue weighted by molar-refractivity contribution is 0.148. The van der Waals surface area contributed by atoms with E-state index in [0.717, 1.165) is 55.9 Å². The first-order chi connectivity index (χ1) is 23.0. The van der Waals surface area contributed by atoms with Gasteiger partial charge in [-0.15, -0.1) is 0 Å². The van der Waals surface area contributed by atoms with E-state index in [1.807, 2.05) is 24.8 Å². The number of hydrogen-bond acceptors (Lipinski definition) is 6. The van der Waals surface area contributed by atoms with Crippen LogP contribution < -0.4 is 0 Å². The molecule has 8 rings (SSSR count). The van der Waals surface area contributed by atoms with Gasteiger partial charge in [0.2, 0.25) is 0 Å². The number of H-pyrrole nitrogens is 2. The minimum Gasteiger partial charge on any atom is -0.346 e. The molecule has 0 atom stereocenters. The summed E-state index contributed by atoms with van der Waals surface area (Å²) in [7, 11) is 4.39. The van der Waals surface area contributed by atoms with Crippen molar-refractivity contribution >= 4 is 44.7 Å². The number of nitrogens with zero attached hydrogens (tertiary/aromatic N) is 6. The van der Waals surface area contributed by atoms with Crippen LogP contribution in [0.2, 0.25) is 0 Å². The van der Waals surface area contributed by atoms with Crippen LogP contribution in [-0.2, 0) is 13.1 Å². The summed E-state index contributed by atoms with van der Waals surface area (Å²) in [6, 6.07) is 24.3. The molecule has 4 aromatic heterocycles. The number of halogens is 1. The van der Waals surface area contributed by atoms with E-state index in [4.69, 9.17) is 0 Å². The van der Waals surface area contributed by atoms with Gasteiger partial charge < -0.3 is 19.8 Å². The Balaban J connectivity index is 0.000000150. The average Bonchev–Trinajstić information content (AvgIpc) is 3.73. The first kappa shape index (κ1) is 32.0. The number of fused-ring (bicyclic) bond motifs is 2. The second kappa shape index (κ2) is 14.7. The molecule has 2 aliphatic heterocycles.